The second-order valence-corrected chi connectivity index (χ2v) is 20.7. The lowest BCUT2D eigenvalue weighted by atomic mass is 9.95. The Labute approximate surface area is 499 Å². The molecule has 10 atom stereocenters. The number of hydrogen-bond donors (Lipinski definition) is 1. The fourth-order valence-corrected chi connectivity index (χ4v) is 9.27. The molecular formula is C61H47Cl5O17. The first-order chi connectivity index (χ1) is 40.1. The number of benzene rings is 7. The molecule has 2 aliphatic rings. The van der Waals surface area contributed by atoms with Gasteiger partial charge in [-0.2, -0.15) is 0 Å². The zero-order valence-corrected chi connectivity index (χ0v) is 46.9. The molecule has 0 spiro atoms. The van der Waals surface area contributed by atoms with Gasteiger partial charge >= 0.3 is 35.8 Å². The van der Waals surface area contributed by atoms with Crippen molar-refractivity contribution < 1.29 is 81.2 Å². The summed E-state index contributed by atoms with van der Waals surface area (Å²) < 4.78 is 62.7. The predicted octanol–water partition coefficient (Wildman–Crippen LogP) is 11.3. The van der Waals surface area contributed by atoms with Crippen molar-refractivity contribution in [2.75, 3.05) is 13.2 Å². The Kier molecular flexibility index (Phi) is 20.5. The van der Waals surface area contributed by atoms with Crippen molar-refractivity contribution in [3.05, 3.63) is 246 Å². The minimum atomic E-state index is -2.11. The summed E-state index contributed by atoms with van der Waals surface area (Å²) in [5.74, 6) is -5.87. The molecule has 2 saturated heterocycles. The van der Waals surface area contributed by atoms with Gasteiger partial charge in [0.1, 0.15) is 37.6 Å². The number of halogens is 5. The molecule has 9 rings (SSSR count). The molecule has 0 unspecified atom stereocenters. The van der Waals surface area contributed by atoms with Gasteiger partial charge in [-0.3, -0.25) is 0 Å². The van der Waals surface area contributed by atoms with E-state index in [-0.39, 0.29) is 50.0 Å². The van der Waals surface area contributed by atoms with Crippen LogP contribution in [0.2, 0.25) is 25.1 Å². The van der Waals surface area contributed by atoms with Crippen molar-refractivity contribution in [3.63, 3.8) is 0 Å². The molecule has 0 amide bonds. The van der Waals surface area contributed by atoms with E-state index in [1.165, 1.54) is 133 Å². The second-order valence-electron chi connectivity index (χ2n) is 18.6. The van der Waals surface area contributed by atoms with Crippen LogP contribution in [0.3, 0.4) is 0 Å². The number of rotatable bonds is 19. The van der Waals surface area contributed by atoms with Crippen molar-refractivity contribution >= 4 is 93.8 Å². The van der Waals surface area contributed by atoms with Gasteiger partial charge in [-0.25, -0.2) is 28.8 Å². The smallest absolute Gasteiger partial charge is 0.338 e. The average Bonchev–Trinajstić information content (AvgIpc) is 3.53. The number of ether oxygens (including phenoxy) is 10. The largest absolute Gasteiger partial charge is 0.459 e. The van der Waals surface area contributed by atoms with E-state index in [0.717, 1.165) is 0 Å². The van der Waals surface area contributed by atoms with E-state index in [0.29, 0.717) is 20.6 Å². The van der Waals surface area contributed by atoms with Gasteiger partial charge in [-0.05, 0) is 139 Å². The van der Waals surface area contributed by atoms with Gasteiger partial charge in [0.25, 0.3) is 0 Å². The highest BCUT2D eigenvalue weighted by Gasteiger charge is 2.57. The lowest BCUT2D eigenvalue weighted by molar-refractivity contribution is -0.357. The van der Waals surface area contributed by atoms with Crippen LogP contribution in [-0.4, -0.2) is 116 Å². The lowest BCUT2D eigenvalue weighted by Gasteiger charge is -2.48. The van der Waals surface area contributed by atoms with Crippen molar-refractivity contribution in [2.45, 2.75) is 68.0 Å². The Bertz CT molecular complexity index is 3360. The van der Waals surface area contributed by atoms with Crippen molar-refractivity contribution in [2.24, 2.45) is 0 Å². The first kappa shape index (κ1) is 60.2. The van der Waals surface area contributed by atoms with Gasteiger partial charge in [0.2, 0.25) is 0 Å². The monoisotopic (exact) mass is 1230 g/mol. The molecule has 0 bridgehead atoms. The standard InChI is InChI=1S/C61H47Cl5O17/c62-41-21-11-36(12-22-41)54(68)74-32-46-49(79-56(70)35-9-5-2-6-10-35)48(67)51(80-57(71)38-15-25-43(64)26-16-38)61(78-46)83-50-47(33-75-55(69)37-13-23-42(63)24-14-37)77-60(76-31-34-7-3-1-4-8-34)53(82-59(73)40-19-29-45(66)30-20-40)52(50)81-58(72)39-17-27-44(65)28-18-39/h1-30,46-53,60-61,67H,31-33H2/t46-,47-,48+,49+,50-,51-,52+,53-,60-,61+/m1/s1. The molecule has 428 valence electrons. The topological polar surface area (TPSA) is 215 Å². The third-order valence-electron chi connectivity index (χ3n) is 12.9. The number of aliphatic hydroxyl groups excluding tert-OH is 1. The summed E-state index contributed by atoms with van der Waals surface area (Å²) in [6.07, 6.45) is -18.6. The van der Waals surface area contributed by atoms with E-state index in [1.807, 2.05) is 0 Å². The molecule has 2 fully saturated rings. The van der Waals surface area contributed by atoms with Crippen LogP contribution in [0.5, 0.6) is 0 Å². The minimum Gasteiger partial charge on any atom is -0.459 e. The maximum atomic E-state index is 14.6. The third-order valence-corrected chi connectivity index (χ3v) is 14.2. The minimum absolute atomic E-state index is 0.0181. The SMILES string of the molecule is O=C(OC[C@H]1O[C@@H](O[C@H]2[C@H](OC(=O)c3ccc(Cl)cc3)[C@@H](OC(=O)c3ccc(Cl)cc3)[C@H](OCc3ccccc3)O[C@@H]2COC(=O)c2ccc(Cl)cc2)[C@H](OC(=O)c2ccc(Cl)cc2)[C@@H](O)[C@H]1OC(=O)c1ccccc1)c1ccc(Cl)cc1. The molecular weight excluding hydrogens is 1180 g/mol. The van der Waals surface area contributed by atoms with Gasteiger partial charge < -0.3 is 52.5 Å². The molecule has 7 aromatic carbocycles. The van der Waals surface area contributed by atoms with Crippen LogP contribution in [-0.2, 0) is 54.0 Å². The van der Waals surface area contributed by atoms with Gasteiger partial charge in [0.05, 0.1) is 40.0 Å². The van der Waals surface area contributed by atoms with Crippen LogP contribution in [0.1, 0.15) is 67.7 Å². The maximum absolute atomic E-state index is 14.6. The summed E-state index contributed by atoms with van der Waals surface area (Å²) in [7, 11) is 0. The molecule has 1 N–H and O–H groups in total. The average molecular weight is 1230 g/mol. The van der Waals surface area contributed by atoms with Crippen LogP contribution in [0.15, 0.2) is 182 Å². The Morgan fingerprint density at radius 3 is 1.11 bits per heavy atom. The molecule has 22 heteroatoms. The van der Waals surface area contributed by atoms with E-state index in [9.17, 15) is 33.9 Å². The van der Waals surface area contributed by atoms with Crippen LogP contribution in [0, 0.1) is 0 Å². The summed E-state index contributed by atoms with van der Waals surface area (Å²) in [5.41, 5.74) is 0.615. The summed E-state index contributed by atoms with van der Waals surface area (Å²) in [4.78, 5) is 84.7. The molecule has 7 aromatic rings. The van der Waals surface area contributed by atoms with E-state index < -0.39 is 110 Å². The first-order valence-corrected chi connectivity index (χ1v) is 27.3. The molecule has 0 aliphatic carbocycles. The summed E-state index contributed by atoms with van der Waals surface area (Å²) in [6, 6.07) is 44.6. The fraction of sp³-hybridized carbons (Fsp3) is 0.213. The highest BCUT2D eigenvalue weighted by Crippen LogP contribution is 2.37. The van der Waals surface area contributed by atoms with Crippen LogP contribution >= 0.6 is 58.0 Å². The zero-order chi connectivity index (χ0) is 58.6. The zero-order valence-electron chi connectivity index (χ0n) is 43.1. The quantitative estimate of drug-likeness (QED) is 0.0588. The fourth-order valence-electron chi connectivity index (χ4n) is 8.64. The summed E-state index contributed by atoms with van der Waals surface area (Å²) >= 11 is 30.9. The molecule has 2 aliphatic heterocycles. The summed E-state index contributed by atoms with van der Waals surface area (Å²) in [6.45, 7) is -1.70. The van der Waals surface area contributed by atoms with Crippen molar-refractivity contribution in [3.8, 4) is 0 Å². The predicted molar refractivity (Wildman–Crippen MR) is 301 cm³/mol. The number of esters is 6. The van der Waals surface area contributed by atoms with Gasteiger partial charge in [0.15, 0.2) is 37.0 Å². The molecule has 0 saturated carbocycles. The number of carbonyl (C=O) groups excluding carboxylic acids is 6. The highest BCUT2D eigenvalue weighted by molar-refractivity contribution is 6.32. The second kappa shape index (κ2) is 28.3. The molecule has 83 heavy (non-hydrogen) atoms. The van der Waals surface area contributed by atoms with Crippen LogP contribution in [0.4, 0.5) is 0 Å². The van der Waals surface area contributed by atoms with E-state index >= 15 is 0 Å². The summed E-state index contributed by atoms with van der Waals surface area (Å²) in [5, 5.41) is 14.1. The molecule has 0 aromatic heterocycles. The molecule has 2 heterocycles. The van der Waals surface area contributed by atoms with Gasteiger partial charge in [-0.15, -0.1) is 0 Å². The van der Waals surface area contributed by atoms with E-state index in [1.54, 1.807) is 48.5 Å². The Morgan fingerprint density at radius 2 is 0.687 bits per heavy atom. The Hall–Kier alpha value is -7.39. The third kappa shape index (κ3) is 15.8. The normalized spacial score (nSPS) is 22.0. The number of hydrogen-bond acceptors (Lipinski definition) is 17. The highest BCUT2D eigenvalue weighted by atomic mass is 35.5. The van der Waals surface area contributed by atoms with E-state index in [4.69, 9.17) is 105 Å². The first-order valence-electron chi connectivity index (χ1n) is 25.4. The van der Waals surface area contributed by atoms with E-state index in [2.05, 4.69) is 0 Å². The Morgan fingerprint density at radius 1 is 0.361 bits per heavy atom. The lowest BCUT2D eigenvalue weighted by Crippen LogP contribution is -2.67. The van der Waals surface area contributed by atoms with Crippen LogP contribution < -0.4 is 0 Å². The molecule has 17 nitrogen and oxygen atoms in total. The van der Waals surface area contributed by atoms with Gasteiger partial charge in [-0.1, -0.05) is 107 Å². The molecule has 0 radical (unpaired) electrons. The van der Waals surface area contributed by atoms with Gasteiger partial charge in [0, 0.05) is 25.1 Å². The van der Waals surface area contributed by atoms with Crippen molar-refractivity contribution in [1.29, 1.82) is 0 Å². The van der Waals surface area contributed by atoms with Crippen LogP contribution in [0.25, 0.3) is 0 Å². The number of carbonyl (C=O) groups is 6. The Balaban J connectivity index is 1.17. The van der Waals surface area contributed by atoms with Crippen molar-refractivity contribution in [1.82, 2.24) is 0 Å². The maximum Gasteiger partial charge on any atom is 0.338 e. The number of aliphatic hydroxyl groups is 1.